The highest BCUT2D eigenvalue weighted by molar-refractivity contribution is 6.10. The second-order valence-corrected chi connectivity index (χ2v) is 9.24. The quantitative estimate of drug-likeness (QED) is 0.243. The Bertz CT molecular complexity index is 1820. The zero-order valence-corrected chi connectivity index (χ0v) is 20.6. The highest BCUT2D eigenvalue weighted by Crippen LogP contribution is 2.39. The summed E-state index contributed by atoms with van der Waals surface area (Å²) in [5, 5.41) is 2.43. The molecule has 0 unspecified atom stereocenters. The van der Waals surface area contributed by atoms with Gasteiger partial charge in [-0.05, 0) is 66.2 Å². The Kier molecular flexibility index (Phi) is 5.41. The third-order valence-corrected chi connectivity index (χ3v) is 6.94. The molecule has 0 fully saturated rings. The SMILES string of the molecule is c1ccc(N(c2ccccc2)c2ccc3c(c2)c2ccccc2n3-c2cccc(-c3cncnc3)c2)cc1. The lowest BCUT2D eigenvalue weighted by Crippen LogP contribution is -2.09. The number of hydrogen-bond acceptors (Lipinski definition) is 3. The third kappa shape index (κ3) is 3.80. The second kappa shape index (κ2) is 9.34. The molecule has 2 aromatic heterocycles. The molecule has 0 aliphatic heterocycles. The maximum absolute atomic E-state index is 4.21. The summed E-state index contributed by atoms with van der Waals surface area (Å²) in [5.74, 6) is 0. The Morgan fingerprint density at radius 2 is 1.13 bits per heavy atom. The van der Waals surface area contributed by atoms with E-state index in [2.05, 4.69) is 147 Å². The molecule has 0 aliphatic rings. The van der Waals surface area contributed by atoms with Gasteiger partial charge in [0.1, 0.15) is 6.33 Å². The zero-order valence-electron chi connectivity index (χ0n) is 20.6. The first-order valence-electron chi connectivity index (χ1n) is 12.7. The first-order chi connectivity index (χ1) is 18.9. The molecule has 2 heterocycles. The van der Waals surface area contributed by atoms with Gasteiger partial charge >= 0.3 is 0 Å². The number of rotatable bonds is 5. The standard InChI is InChI=1S/C34H24N4/c1-3-11-27(12-4-1)37(28-13-5-2-6-14-28)30-18-19-34-32(21-30)31-16-7-8-17-33(31)38(34)29-15-9-10-25(20-29)26-22-35-24-36-23-26/h1-24H. The zero-order chi connectivity index (χ0) is 25.3. The molecule has 180 valence electrons. The number of fused-ring (bicyclic) bond motifs is 3. The van der Waals surface area contributed by atoms with E-state index in [1.54, 1.807) is 6.33 Å². The lowest BCUT2D eigenvalue weighted by Gasteiger charge is -2.25. The number of benzene rings is 5. The van der Waals surface area contributed by atoms with E-state index in [9.17, 15) is 0 Å². The van der Waals surface area contributed by atoms with Crippen molar-refractivity contribution in [2.45, 2.75) is 0 Å². The molecule has 0 aliphatic carbocycles. The fourth-order valence-corrected chi connectivity index (χ4v) is 5.25. The van der Waals surface area contributed by atoms with Gasteiger partial charge in [0, 0.05) is 51.5 Å². The molecule has 0 atom stereocenters. The molecule has 0 spiro atoms. The van der Waals surface area contributed by atoms with Crippen LogP contribution < -0.4 is 4.90 Å². The molecule has 0 radical (unpaired) electrons. The van der Waals surface area contributed by atoms with E-state index >= 15 is 0 Å². The molecule has 0 bridgehead atoms. The van der Waals surface area contributed by atoms with Gasteiger partial charge in [-0.15, -0.1) is 0 Å². The second-order valence-electron chi connectivity index (χ2n) is 9.24. The smallest absolute Gasteiger partial charge is 0.115 e. The topological polar surface area (TPSA) is 34.0 Å². The summed E-state index contributed by atoms with van der Waals surface area (Å²) < 4.78 is 2.34. The van der Waals surface area contributed by atoms with Gasteiger partial charge in [0.15, 0.2) is 0 Å². The highest BCUT2D eigenvalue weighted by Gasteiger charge is 2.17. The van der Waals surface area contributed by atoms with Crippen molar-refractivity contribution in [1.82, 2.24) is 14.5 Å². The summed E-state index contributed by atoms with van der Waals surface area (Å²) in [5.41, 5.74) is 8.90. The lowest BCUT2D eigenvalue weighted by atomic mass is 10.1. The van der Waals surface area contributed by atoms with Crippen LogP contribution in [0, 0.1) is 0 Å². The number of nitrogens with zero attached hydrogens (tertiary/aromatic N) is 4. The van der Waals surface area contributed by atoms with Crippen molar-refractivity contribution >= 4 is 38.9 Å². The van der Waals surface area contributed by atoms with Crippen LogP contribution in [0.5, 0.6) is 0 Å². The minimum Gasteiger partial charge on any atom is -0.310 e. The average molecular weight is 489 g/mol. The summed E-state index contributed by atoms with van der Waals surface area (Å²) in [7, 11) is 0. The first-order valence-corrected chi connectivity index (χ1v) is 12.7. The normalized spacial score (nSPS) is 11.2. The Morgan fingerprint density at radius 3 is 1.87 bits per heavy atom. The van der Waals surface area contributed by atoms with E-state index in [4.69, 9.17) is 0 Å². The predicted molar refractivity (Wildman–Crippen MR) is 156 cm³/mol. The summed E-state index contributed by atoms with van der Waals surface area (Å²) >= 11 is 0. The Balaban J connectivity index is 1.44. The third-order valence-electron chi connectivity index (χ3n) is 6.94. The van der Waals surface area contributed by atoms with Gasteiger partial charge in [-0.3, -0.25) is 0 Å². The van der Waals surface area contributed by atoms with Crippen molar-refractivity contribution in [2.75, 3.05) is 4.90 Å². The summed E-state index contributed by atoms with van der Waals surface area (Å²) in [4.78, 5) is 10.7. The summed E-state index contributed by atoms with van der Waals surface area (Å²) in [6.07, 6.45) is 5.27. The largest absolute Gasteiger partial charge is 0.310 e. The molecule has 5 aromatic carbocycles. The first kappa shape index (κ1) is 22.0. The summed E-state index contributed by atoms with van der Waals surface area (Å²) in [6.45, 7) is 0. The predicted octanol–water partition coefficient (Wildman–Crippen LogP) is 8.71. The molecule has 7 rings (SSSR count). The van der Waals surface area contributed by atoms with Crippen LogP contribution in [0.15, 0.2) is 146 Å². The molecule has 0 saturated carbocycles. The van der Waals surface area contributed by atoms with Gasteiger partial charge in [0.2, 0.25) is 0 Å². The van der Waals surface area contributed by atoms with Crippen LogP contribution in [0.4, 0.5) is 17.1 Å². The van der Waals surface area contributed by atoms with Gasteiger partial charge in [-0.1, -0.05) is 66.7 Å². The van der Waals surface area contributed by atoms with Crippen molar-refractivity contribution in [3.63, 3.8) is 0 Å². The van der Waals surface area contributed by atoms with Crippen LogP contribution in [-0.2, 0) is 0 Å². The number of hydrogen-bond donors (Lipinski definition) is 0. The minimum atomic E-state index is 0.999. The average Bonchev–Trinajstić information content (AvgIpc) is 3.33. The van der Waals surface area contributed by atoms with E-state index in [1.807, 2.05) is 12.4 Å². The monoisotopic (exact) mass is 488 g/mol. The van der Waals surface area contributed by atoms with Crippen LogP contribution in [0.25, 0.3) is 38.6 Å². The molecule has 7 aromatic rings. The van der Waals surface area contributed by atoms with Gasteiger partial charge in [0.25, 0.3) is 0 Å². The van der Waals surface area contributed by atoms with Crippen LogP contribution in [0.1, 0.15) is 0 Å². The van der Waals surface area contributed by atoms with E-state index in [1.165, 1.54) is 16.3 Å². The van der Waals surface area contributed by atoms with Crippen molar-refractivity contribution in [3.8, 4) is 16.8 Å². The van der Waals surface area contributed by atoms with E-state index < -0.39 is 0 Å². The molecular formula is C34H24N4. The minimum absolute atomic E-state index is 0.999. The Labute approximate surface area is 221 Å². The van der Waals surface area contributed by atoms with E-state index in [-0.39, 0.29) is 0 Å². The molecule has 0 N–H and O–H groups in total. The summed E-state index contributed by atoms with van der Waals surface area (Å²) in [6, 6.07) is 45.0. The maximum Gasteiger partial charge on any atom is 0.115 e. The maximum atomic E-state index is 4.21. The van der Waals surface area contributed by atoms with Crippen molar-refractivity contribution in [3.05, 3.63) is 146 Å². The fraction of sp³-hybridized carbons (Fsp3) is 0. The molecule has 0 saturated heterocycles. The van der Waals surface area contributed by atoms with Gasteiger partial charge in [0.05, 0.1) is 11.0 Å². The number of aromatic nitrogens is 3. The molecule has 4 heteroatoms. The van der Waals surface area contributed by atoms with E-state index in [0.29, 0.717) is 0 Å². The lowest BCUT2D eigenvalue weighted by molar-refractivity contribution is 1.16. The van der Waals surface area contributed by atoms with Crippen LogP contribution in [0.2, 0.25) is 0 Å². The highest BCUT2D eigenvalue weighted by atomic mass is 15.1. The van der Waals surface area contributed by atoms with Crippen LogP contribution >= 0.6 is 0 Å². The number of anilines is 3. The van der Waals surface area contributed by atoms with Crippen molar-refractivity contribution in [2.24, 2.45) is 0 Å². The molecule has 4 nitrogen and oxygen atoms in total. The molecule has 38 heavy (non-hydrogen) atoms. The van der Waals surface area contributed by atoms with Gasteiger partial charge in [-0.2, -0.15) is 0 Å². The van der Waals surface area contributed by atoms with Crippen LogP contribution in [0.3, 0.4) is 0 Å². The molecular weight excluding hydrogens is 464 g/mol. The van der Waals surface area contributed by atoms with Crippen molar-refractivity contribution in [1.29, 1.82) is 0 Å². The van der Waals surface area contributed by atoms with Crippen molar-refractivity contribution < 1.29 is 0 Å². The van der Waals surface area contributed by atoms with Gasteiger partial charge in [-0.25, -0.2) is 9.97 Å². The van der Waals surface area contributed by atoms with Crippen LogP contribution in [-0.4, -0.2) is 14.5 Å². The molecule has 0 amide bonds. The fourth-order valence-electron chi connectivity index (χ4n) is 5.25. The number of para-hydroxylation sites is 3. The van der Waals surface area contributed by atoms with Gasteiger partial charge < -0.3 is 9.47 Å². The van der Waals surface area contributed by atoms with E-state index in [0.717, 1.165) is 39.4 Å². The Hall–Kier alpha value is -5.22. The Morgan fingerprint density at radius 1 is 0.474 bits per heavy atom.